The van der Waals surface area contributed by atoms with E-state index in [9.17, 15) is 27.5 Å². The average molecular weight is 643 g/mol. The van der Waals surface area contributed by atoms with Crippen LogP contribution in [0.5, 0.6) is 0 Å². The Labute approximate surface area is 264 Å². The maximum absolute atomic E-state index is 13.7. The van der Waals surface area contributed by atoms with Gasteiger partial charge in [-0.3, -0.25) is 19.3 Å². The molecule has 0 bridgehead atoms. The van der Waals surface area contributed by atoms with E-state index in [1.807, 2.05) is 18.2 Å². The second-order valence-corrected chi connectivity index (χ2v) is 13.0. The summed E-state index contributed by atoms with van der Waals surface area (Å²) in [5.74, 6) is -1.39. The number of aliphatic hydroxyl groups excluding tert-OH is 1. The summed E-state index contributed by atoms with van der Waals surface area (Å²) in [5, 5.41) is 15.3. The first kappa shape index (κ1) is 30.9. The number of carbonyl (C=O) groups excluding carboxylic acids is 2. The lowest BCUT2D eigenvalue weighted by molar-refractivity contribution is 0.0928. The Balaban J connectivity index is 1.47. The Morgan fingerprint density at radius 1 is 0.978 bits per heavy atom. The van der Waals surface area contributed by atoms with Crippen molar-refractivity contribution in [2.45, 2.75) is 24.8 Å². The van der Waals surface area contributed by atoms with Gasteiger partial charge in [-0.05, 0) is 79.4 Å². The zero-order chi connectivity index (χ0) is 32.5. The third kappa shape index (κ3) is 6.22. The van der Waals surface area contributed by atoms with Gasteiger partial charge < -0.3 is 20.2 Å². The number of aromatic nitrogens is 1. The first-order valence-electron chi connectivity index (χ1n) is 14.7. The Kier molecular flexibility index (Phi) is 8.32. The molecule has 1 saturated carbocycles. The number of rotatable bonds is 11. The van der Waals surface area contributed by atoms with Crippen LogP contribution in [0.3, 0.4) is 0 Å². The molecule has 12 heteroatoms. The second kappa shape index (κ2) is 12.4. The molecule has 2 aromatic heterocycles. The maximum atomic E-state index is 13.7. The molecule has 1 fully saturated rings. The number of pyridine rings is 1. The summed E-state index contributed by atoms with van der Waals surface area (Å²) in [6.45, 7) is -0.307. The normalized spacial score (nSPS) is 13.7. The maximum Gasteiger partial charge on any atom is 0.255 e. The standard InChI is InChI=1S/C34H31FN4O6S/c1-36-33(42)30-26-19-25(22-6-4-7-23(18-22)32(41)38-34(13-14-34)29-8-2-3-15-37-29)27(39-46(43,44)17-5-16-40)20-28(26)45-31(30)21-9-11-24(35)12-10-21/h2-4,6-12,15,18-20,39-40H,5,13-14,16-17H2,1H3,(H,36,42)(H,38,41). The van der Waals surface area contributed by atoms with Crippen molar-refractivity contribution in [2.75, 3.05) is 24.1 Å². The molecule has 6 rings (SSSR count). The Bertz CT molecular complexity index is 2040. The van der Waals surface area contributed by atoms with Gasteiger partial charge in [0.2, 0.25) is 10.0 Å². The molecule has 2 amide bonds. The lowest BCUT2D eigenvalue weighted by Crippen LogP contribution is -2.35. The van der Waals surface area contributed by atoms with Crippen molar-refractivity contribution in [2.24, 2.45) is 0 Å². The predicted octanol–water partition coefficient (Wildman–Crippen LogP) is 5.20. The third-order valence-corrected chi connectivity index (χ3v) is 9.28. The van der Waals surface area contributed by atoms with Crippen LogP contribution in [0.2, 0.25) is 0 Å². The summed E-state index contributed by atoms with van der Waals surface area (Å²) in [5.41, 5.74) is 2.46. The molecular weight excluding hydrogens is 611 g/mol. The van der Waals surface area contributed by atoms with Gasteiger partial charge in [-0.2, -0.15) is 0 Å². The first-order chi connectivity index (χ1) is 22.1. The number of sulfonamides is 1. The van der Waals surface area contributed by atoms with Gasteiger partial charge in [0, 0.05) is 48.0 Å². The first-order valence-corrected chi connectivity index (χ1v) is 16.3. The Morgan fingerprint density at radius 2 is 1.76 bits per heavy atom. The number of carbonyl (C=O) groups is 2. The number of nitrogens with one attached hydrogen (secondary N) is 3. The van der Waals surface area contributed by atoms with Crippen LogP contribution < -0.4 is 15.4 Å². The summed E-state index contributed by atoms with van der Waals surface area (Å²) in [4.78, 5) is 31.1. The van der Waals surface area contributed by atoms with E-state index in [0.29, 0.717) is 27.6 Å². The molecule has 0 spiro atoms. The van der Waals surface area contributed by atoms with Crippen molar-refractivity contribution in [3.8, 4) is 22.5 Å². The van der Waals surface area contributed by atoms with Gasteiger partial charge >= 0.3 is 0 Å². The van der Waals surface area contributed by atoms with E-state index in [2.05, 4.69) is 20.3 Å². The molecule has 0 aliphatic heterocycles. The quantitative estimate of drug-likeness (QED) is 0.155. The number of halogens is 1. The largest absolute Gasteiger partial charge is 0.455 e. The molecule has 5 aromatic rings. The molecule has 0 atom stereocenters. The fourth-order valence-corrected chi connectivity index (χ4v) is 6.54. The molecule has 1 aliphatic carbocycles. The van der Waals surface area contributed by atoms with Gasteiger partial charge in [-0.25, -0.2) is 12.8 Å². The molecule has 0 radical (unpaired) electrons. The van der Waals surface area contributed by atoms with Crippen molar-refractivity contribution < 1.29 is 31.9 Å². The second-order valence-electron chi connectivity index (χ2n) is 11.1. The van der Waals surface area contributed by atoms with E-state index >= 15 is 0 Å². The number of hydrogen-bond acceptors (Lipinski definition) is 7. The number of fused-ring (bicyclic) bond motifs is 1. The van der Waals surface area contributed by atoms with E-state index in [-0.39, 0.29) is 47.3 Å². The molecule has 1 aliphatic rings. The van der Waals surface area contributed by atoms with E-state index in [4.69, 9.17) is 4.42 Å². The summed E-state index contributed by atoms with van der Waals surface area (Å²) in [6, 6.07) is 20.9. The van der Waals surface area contributed by atoms with Gasteiger partial charge in [0.15, 0.2) is 0 Å². The number of anilines is 1. The Hall–Kier alpha value is -5.07. The molecule has 10 nitrogen and oxygen atoms in total. The molecular formula is C34H31FN4O6S. The minimum absolute atomic E-state index is 0.0247. The molecule has 2 heterocycles. The van der Waals surface area contributed by atoms with Crippen LogP contribution in [-0.2, 0) is 15.6 Å². The van der Waals surface area contributed by atoms with Crippen molar-refractivity contribution in [1.29, 1.82) is 0 Å². The average Bonchev–Trinajstić information content (AvgIpc) is 3.75. The highest BCUT2D eigenvalue weighted by Crippen LogP contribution is 2.45. The zero-order valence-corrected chi connectivity index (χ0v) is 25.7. The summed E-state index contributed by atoms with van der Waals surface area (Å²) in [6.07, 6.45) is 3.22. The zero-order valence-electron chi connectivity index (χ0n) is 24.8. The van der Waals surface area contributed by atoms with Crippen LogP contribution in [0.4, 0.5) is 10.1 Å². The van der Waals surface area contributed by atoms with Crippen LogP contribution in [0.15, 0.2) is 89.5 Å². The number of aliphatic hydroxyl groups is 1. The van der Waals surface area contributed by atoms with E-state index < -0.39 is 27.3 Å². The van der Waals surface area contributed by atoms with Gasteiger partial charge in [0.25, 0.3) is 11.8 Å². The summed E-state index contributed by atoms with van der Waals surface area (Å²) in [7, 11) is -2.44. The van der Waals surface area contributed by atoms with Crippen molar-refractivity contribution >= 4 is 38.5 Å². The number of furan rings is 1. The predicted molar refractivity (Wildman–Crippen MR) is 172 cm³/mol. The number of benzene rings is 3. The van der Waals surface area contributed by atoms with Crippen molar-refractivity contribution in [3.05, 3.63) is 108 Å². The van der Waals surface area contributed by atoms with Crippen LogP contribution in [0.25, 0.3) is 33.4 Å². The lowest BCUT2D eigenvalue weighted by atomic mass is 9.97. The van der Waals surface area contributed by atoms with Crippen LogP contribution in [0.1, 0.15) is 45.7 Å². The van der Waals surface area contributed by atoms with Crippen LogP contribution >= 0.6 is 0 Å². The molecule has 0 unspecified atom stereocenters. The minimum Gasteiger partial charge on any atom is -0.455 e. The fourth-order valence-electron chi connectivity index (χ4n) is 5.43. The SMILES string of the molecule is CNC(=O)c1c(-c2ccc(F)cc2)oc2cc(NS(=O)(=O)CCCO)c(-c3cccc(C(=O)NC4(c5ccccn5)CC4)c3)cc12. The molecule has 46 heavy (non-hydrogen) atoms. The number of nitrogens with zero attached hydrogens (tertiary/aromatic N) is 1. The minimum atomic E-state index is -3.91. The third-order valence-electron chi connectivity index (χ3n) is 7.92. The topological polar surface area (TPSA) is 151 Å². The van der Waals surface area contributed by atoms with Gasteiger partial charge in [-0.15, -0.1) is 0 Å². The molecule has 3 aromatic carbocycles. The van der Waals surface area contributed by atoms with E-state index in [0.717, 1.165) is 18.5 Å². The summed E-state index contributed by atoms with van der Waals surface area (Å²) >= 11 is 0. The highest BCUT2D eigenvalue weighted by atomic mass is 32.2. The fraction of sp³-hybridized carbons (Fsp3) is 0.206. The highest BCUT2D eigenvalue weighted by Gasteiger charge is 2.47. The highest BCUT2D eigenvalue weighted by molar-refractivity contribution is 7.92. The van der Waals surface area contributed by atoms with E-state index in [1.165, 1.54) is 37.4 Å². The number of hydrogen-bond donors (Lipinski definition) is 4. The number of amides is 2. The van der Waals surface area contributed by atoms with Gasteiger partial charge in [0.05, 0.1) is 28.2 Å². The molecule has 236 valence electrons. The van der Waals surface area contributed by atoms with Gasteiger partial charge in [0.1, 0.15) is 17.2 Å². The van der Waals surface area contributed by atoms with Crippen molar-refractivity contribution in [3.63, 3.8) is 0 Å². The monoisotopic (exact) mass is 642 g/mol. The summed E-state index contributed by atoms with van der Waals surface area (Å²) < 4.78 is 48.4. The Morgan fingerprint density at radius 3 is 2.43 bits per heavy atom. The smallest absolute Gasteiger partial charge is 0.255 e. The van der Waals surface area contributed by atoms with Gasteiger partial charge in [-0.1, -0.05) is 18.2 Å². The van der Waals surface area contributed by atoms with Crippen molar-refractivity contribution in [1.82, 2.24) is 15.6 Å². The molecule has 0 saturated heterocycles. The van der Waals surface area contributed by atoms with Crippen LogP contribution in [-0.4, -0.2) is 49.7 Å². The van der Waals surface area contributed by atoms with Crippen LogP contribution in [0, 0.1) is 5.82 Å². The molecule has 4 N–H and O–H groups in total. The lowest BCUT2D eigenvalue weighted by Gasteiger charge is -2.18. The van der Waals surface area contributed by atoms with E-state index in [1.54, 1.807) is 36.5 Å².